The van der Waals surface area contributed by atoms with E-state index in [4.69, 9.17) is 9.73 Å². The third kappa shape index (κ3) is 6.02. The fourth-order valence-corrected chi connectivity index (χ4v) is 3.61. The summed E-state index contributed by atoms with van der Waals surface area (Å²) in [4.78, 5) is 13.9. The molecule has 1 aliphatic rings. The molecular formula is C23H34N6O. The van der Waals surface area contributed by atoms with Gasteiger partial charge in [0.25, 0.3) is 0 Å². The van der Waals surface area contributed by atoms with Crippen molar-refractivity contribution in [3.8, 4) is 5.75 Å². The minimum atomic E-state index is 0.337. The summed E-state index contributed by atoms with van der Waals surface area (Å²) in [6.07, 6.45) is 2.26. The van der Waals surface area contributed by atoms with Crippen LogP contribution in [0, 0.1) is 0 Å². The Morgan fingerprint density at radius 2 is 2.10 bits per heavy atom. The minimum Gasteiger partial charge on any atom is -0.497 e. The molecular weight excluding hydrogens is 376 g/mol. The van der Waals surface area contributed by atoms with E-state index in [0.29, 0.717) is 12.6 Å². The summed E-state index contributed by atoms with van der Waals surface area (Å²) in [6, 6.07) is 14.7. The summed E-state index contributed by atoms with van der Waals surface area (Å²) < 4.78 is 5.39. The molecule has 0 amide bonds. The van der Waals surface area contributed by atoms with Gasteiger partial charge >= 0.3 is 0 Å². The highest BCUT2D eigenvalue weighted by molar-refractivity contribution is 5.80. The highest BCUT2D eigenvalue weighted by Gasteiger charge is 2.21. The average Bonchev–Trinajstić information content (AvgIpc) is 2.78. The Morgan fingerprint density at radius 3 is 2.87 bits per heavy atom. The van der Waals surface area contributed by atoms with Crippen molar-refractivity contribution in [3.05, 3.63) is 48.2 Å². The molecule has 2 heterocycles. The maximum atomic E-state index is 5.39. The summed E-state index contributed by atoms with van der Waals surface area (Å²) in [5, 5.41) is 6.99. The van der Waals surface area contributed by atoms with Crippen LogP contribution in [-0.2, 0) is 6.54 Å². The summed E-state index contributed by atoms with van der Waals surface area (Å²) in [5.41, 5.74) is 2.16. The monoisotopic (exact) mass is 410 g/mol. The molecule has 1 fully saturated rings. The zero-order valence-corrected chi connectivity index (χ0v) is 18.6. The first-order valence-corrected chi connectivity index (χ1v) is 10.7. The number of nitrogens with one attached hydrogen (secondary N) is 2. The second-order valence-corrected chi connectivity index (χ2v) is 7.71. The first-order chi connectivity index (χ1) is 14.6. The summed E-state index contributed by atoms with van der Waals surface area (Å²) >= 11 is 0. The van der Waals surface area contributed by atoms with E-state index >= 15 is 0 Å². The van der Waals surface area contributed by atoms with E-state index in [2.05, 4.69) is 39.6 Å². The zero-order chi connectivity index (χ0) is 21.3. The Labute approximate surface area is 180 Å². The van der Waals surface area contributed by atoms with Crippen LogP contribution in [0.2, 0.25) is 0 Å². The van der Waals surface area contributed by atoms with Crippen molar-refractivity contribution < 1.29 is 4.74 Å². The van der Waals surface area contributed by atoms with Gasteiger partial charge in [-0.1, -0.05) is 12.1 Å². The summed E-state index contributed by atoms with van der Waals surface area (Å²) in [7, 11) is 5.71. The number of benzene rings is 1. The summed E-state index contributed by atoms with van der Waals surface area (Å²) in [5.74, 6) is 2.68. The highest BCUT2D eigenvalue weighted by atomic mass is 16.5. The predicted molar refractivity (Wildman–Crippen MR) is 125 cm³/mol. The van der Waals surface area contributed by atoms with E-state index in [9.17, 15) is 0 Å². The van der Waals surface area contributed by atoms with Crippen LogP contribution < -0.4 is 25.2 Å². The van der Waals surface area contributed by atoms with Crippen LogP contribution in [0.1, 0.15) is 25.5 Å². The Kier molecular flexibility index (Phi) is 7.76. The van der Waals surface area contributed by atoms with Gasteiger partial charge in [-0.15, -0.1) is 0 Å². The number of aromatic nitrogens is 1. The van der Waals surface area contributed by atoms with E-state index in [0.717, 1.165) is 55.7 Å². The molecule has 2 aromatic rings. The third-order valence-electron chi connectivity index (χ3n) is 5.17. The number of hydrogen-bond donors (Lipinski definition) is 2. The van der Waals surface area contributed by atoms with Gasteiger partial charge in [-0.2, -0.15) is 0 Å². The molecule has 7 heteroatoms. The van der Waals surface area contributed by atoms with Gasteiger partial charge < -0.3 is 25.2 Å². The Bertz CT molecular complexity index is 838. The second-order valence-electron chi connectivity index (χ2n) is 7.71. The molecule has 0 bridgehead atoms. The number of rotatable bonds is 7. The van der Waals surface area contributed by atoms with Crippen LogP contribution in [0.15, 0.2) is 47.5 Å². The normalized spacial score (nSPS) is 16.9. The molecule has 0 saturated carbocycles. The number of ether oxygens (including phenoxy) is 1. The Morgan fingerprint density at radius 1 is 1.27 bits per heavy atom. The zero-order valence-electron chi connectivity index (χ0n) is 18.6. The largest absolute Gasteiger partial charge is 0.497 e. The molecule has 1 saturated heterocycles. The van der Waals surface area contributed by atoms with Crippen LogP contribution in [0.3, 0.4) is 0 Å². The Balaban J connectivity index is 1.65. The molecule has 2 N–H and O–H groups in total. The second kappa shape index (κ2) is 10.7. The van der Waals surface area contributed by atoms with Crippen LogP contribution in [0.5, 0.6) is 5.75 Å². The van der Waals surface area contributed by atoms with Crippen molar-refractivity contribution in [2.24, 2.45) is 4.99 Å². The van der Waals surface area contributed by atoms with Crippen LogP contribution in [-0.4, -0.2) is 57.8 Å². The maximum Gasteiger partial charge on any atom is 0.191 e. The van der Waals surface area contributed by atoms with Gasteiger partial charge in [0.15, 0.2) is 5.96 Å². The molecule has 7 nitrogen and oxygen atoms in total. The van der Waals surface area contributed by atoms with Gasteiger partial charge in [0.1, 0.15) is 11.6 Å². The number of anilines is 2. The predicted octanol–water partition coefficient (Wildman–Crippen LogP) is 2.88. The van der Waals surface area contributed by atoms with Crippen LogP contribution >= 0.6 is 0 Å². The standard InChI is InChI=1S/C23H34N6O/c1-5-24-23(25-16-18-9-6-13-22(26-18)28(2)3)27-19-10-8-14-29(17-19)20-11-7-12-21(15-20)30-4/h6-7,9,11-13,15,19H,5,8,10,14,16-17H2,1-4H3,(H2,24,25,27). The first kappa shape index (κ1) is 21.7. The van der Waals surface area contributed by atoms with Crippen molar-refractivity contribution >= 4 is 17.5 Å². The fraction of sp³-hybridized carbons (Fsp3) is 0.478. The Hall–Kier alpha value is -2.96. The van der Waals surface area contributed by atoms with Crippen LogP contribution in [0.25, 0.3) is 0 Å². The molecule has 1 unspecified atom stereocenters. The van der Waals surface area contributed by atoms with E-state index in [1.54, 1.807) is 7.11 Å². The third-order valence-corrected chi connectivity index (χ3v) is 5.17. The molecule has 0 aliphatic carbocycles. The molecule has 1 atom stereocenters. The number of hydrogen-bond acceptors (Lipinski definition) is 5. The van der Waals surface area contributed by atoms with Crippen molar-refractivity contribution in [2.75, 3.05) is 50.6 Å². The van der Waals surface area contributed by atoms with E-state index in [-0.39, 0.29) is 0 Å². The average molecular weight is 411 g/mol. The van der Waals surface area contributed by atoms with Crippen molar-refractivity contribution in [3.63, 3.8) is 0 Å². The highest BCUT2D eigenvalue weighted by Crippen LogP contribution is 2.24. The molecule has 0 spiro atoms. The SMILES string of the molecule is CCNC(=NCc1cccc(N(C)C)n1)NC1CCCN(c2cccc(OC)c2)C1. The lowest BCUT2D eigenvalue weighted by molar-refractivity contribution is 0.414. The molecule has 162 valence electrons. The molecule has 1 aromatic heterocycles. The lowest BCUT2D eigenvalue weighted by Crippen LogP contribution is -2.51. The van der Waals surface area contributed by atoms with Crippen molar-refractivity contribution in [1.82, 2.24) is 15.6 Å². The summed E-state index contributed by atoms with van der Waals surface area (Å²) in [6.45, 7) is 5.45. The van der Waals surface area contributed by atoms with Crippen molar-refractivity contribution in [1.29, 1.82) is 0 Å². The van der Waals surface area contributed by atoms with Gasteiger partial charge in [0.05, 0.1) is 19.3 Å². The fourth-order valence-electron chi connectivity index (χ4n) is 3.61. The first-order valence-electron chi connectivity index (χ1n) is 10.7. The lowest BCUT2D eigenvalue weighted by atomic mass is 10.0. The van der Waals surface area contributed by atoms with Crippen LogP contribution in [0.4, 0.5) is 11.5 Å². The molecule has 1 aromatic carbocycles. The number of guanidine groups is 1. The lowest BCUT2D eigenvalue weighted by Gasteiger charge is -2.35. The minimum absolute atomic E-state index is 0.337. The topological polar surface area (TPSA) is 65.0 Å². The number of aliphatic imine (C=N–C) groups is 1. The smallest absolute Gasteiger partial charge is 0.191 e. The number of methoxy groups -OCH3 is 1. The van der Waals surface area contributed by atoms with Gasteiger partial charge in [0.2, 0.25) is 0 Å². The molecule has 1 aliphatic heterocycles. The van der Waals surface area contributed by atoms with E-state index in [1.165, 1.54) is 5.69 Å². The van der Waals surface area contributed by atoms with Gasteiger partial charge in [0, 0.05) is 51.5 Å². The van der Waals surface area contributed by atoms with Crippen molar-refractivity contribution in [2.45, 2.75) is 32.4 Å². The number of piperidine rings is 1. The quantitative estimate of drug-likeness (QED) is 0.541. The van der Waals surface area contributed by atoms with E-state index in [1.807, 2.05) is 49.3 Å². The number of pyridine rings is 1. The van der Waals surface area contributed by atoms with Gasteiger partial charge in [-0.3, -0.25) is 0 Å². The molecule has 3 rings (SSSR count). The van der Waals surface area contributed by atoms with Gasteiger partial charge in [-0.25, -0.2) is 9.98 Å². The molecule has 30 heavy (non-hydrogen) atoms. The molecule has 0 radical (unpaired) electrons. The van der Waals surface area contributed by atoms with E-state index < -0.39 is 0 Å². The number of nitrogens with zero attached hydrogens (tertiary/aromatic N) is 4. The maximum absolute atomic E-state index is 5.39. The van der Waals surface area contributed by atoms with Gasteiger partial charge in [-0.05, 0) is 44.0 Å².